The minimum Gasteiger partial charge on any atom is -0.370 e. The Bertz CT molecular complexity index is 337. The lowest BCUT2D eigenvalue weighted by Gasteiger charge is -2.25. The maximum Gasteiger partial charge on any atom is 0.240 e. The minimum atomic E-state index is -0.417. The second kappa shape index (κ2) is 6.85. The van der Waals surface area contributed by atoms with Crippen molar-refractivity contribution in [2.45, 2.75) is 52.7 Å². The highest BCUT2D eigenvalue weighted by Crippen LogP contribution is 2.29. The van der Waals surface area contributed by atoms with Gasteiger partial charge >= 0.3 is 0 Å². The fraction of sp³-hybridized carbons (Fsp3) is 0.846. The quantitative estimate of drug-likeness (QED) is 0.773. The first-order valence-electron chi connectivity index (χ1n) is 6.66. The Labute approximate surface area is 109 Å². The maximum absolute atomic E-state index is 5.57. The average Bonchev–Trinajstić information content (AvgIpc) is 2.81. The summed E-state index contributed by atoms with van der Waals surface area (Å²) in [6.45, 7) is 10.0. The fourth-order valence-electron chi connectivity index (χ4n) is 1.93. The fourth-order valence-corrected chi connectivity index (χ4v) is 1.93. The Morgan fingerprint density at radius 2 is 2.00 bits per heavy atom. The van der Waals surface area contributed by atoms with Gasteiger partial charge in [0, 0.05) is 7.11 Å². The Kier molecular flexibility index (Phi) is 5.75. The second-order valence-electron chi connectivity index (χ2n) is 4.94. The van der Waals surface area contributed by atoms with Crippen LogP contribution < -0.4 is 5.32 Å². The van der Waals surface area contributed by atoms with E-state index in [9.17, 15) is 0 Å². The van der Waals surface area contributed by atoms with Crippen LogP contribution in [0.2, 0.25) is 0 Å². The van der Waals surface area contributed by atoms with Crippen LogP contribution in [-0.2, 0) is 16.9 Å². The van der Waals surface area contributed by atoms with E-state index >= 15 is 0 Å². The molecule has 0 saturated carbocycles. The van der Waals surface area contributed by atoms with E-state index in [1.807, 2.05) is 0 Å². The normalized spacial score (nSPS) is 12.3. The monoisotopic (exact) mass is 255 g/mol. The van der Waals surface area contributed by atoms with Gasteiger partial charge in [0.05, 0.1) is 6.54 Å². The molecule has 1 rings (SSSR count). The van der Waals surface area contributed by atoms with E-state index in [-0.39, 0.29) is 0 Å². The summed E-state index contributed by atoms with van der Waals surface area (Å²) in [5, 5.41) is 7.33. The van der Waals surface area contributed by atoms with Gasteiger partial charge in [0.15, 0.2) is 0 Å². The lowest BCUT2D eigenvalue weighted by molar-refractivity contribution is -0.0306. The Morgan fingerprint density at radius 3 is 2.50 bits per heavy atom. The molecule has 0 aromatic carbocycles. The van der Waals surface area contributed by atoms with E-state index in [0.29, 0.717) is 24.2 Å². The number of rotatable bonds is 8. The van der Waals surface area contributed by atoms with E-state index in [1.54, 1.807) is 7.11 Å². The molecule has 104 valence electrons. The van der Waals surface area contributed by atoms with Crippen LogP contribution in [0.15, 0.2) is 4.52 Å². The minimum absolute atomic E-state index is 0.417. The van der Waals surface area contributed by atoms with Gasteiger partial charge in [-0.15, -0.1) is 0 Å². The maximum atomic E-state index is 5.57. The van der Waals surface area contributed by atoms with Gasteiger partial charge in [0.25, 0.3) is 0 Å². The number of ether oxygens (including phenoxy) is 1. The van der Waals surface area contributed by atoms with Crippen molar-refractivity contribution in [3.63, 3.8) is 0 Å². The number of methoxy groups -OCH3 is 1. The molecule has 1 aromatic rings. The third-order valence-corrected chi connectivity index (χ3v) is 3.24. The van der Waals surface area contributed by atoms with Crippen molar-refractivity contribution in [1.29, 1.82) is 0 Å². The molecule has 5 heteroatoms. The summed E-state index contributed by atoms with van der Waals surface area (Å²) in [5.41, 5.74) is -0.417. The van der Waals surface area contributed by atoms with E-state index in [0.717, 1.165) is 19.4 Å². The second-order valence-corrected chi connectivity index (χ2v) is 4.94. The molecule has 0 amide bonds. The third kappa shape index (κ3) is 3.53. The number of aromatic nitrogens is 2. The van der Waals surface area contributed by atoms with Crippen molar-refractivity contribution in [2.24, 2.45) is 5.92 Å². The molecule has 0 aliphatic carbocycles. The predicted octanol–water partition coefficient (Wildman–Crippen LogP) is 2.48. The third-order valence-electron chi connectivity index (χ3n) is 3.24. The van der Waals surface area contributed by atoms with Gasteiger partial charge in [0.2, 0.25) is 11.7 Å². The number of nitrogens with one attached hydrogen (secondary N) is 1. The summed E-state index contributed by atoms with van der Waals surface area (Å²) in [7, 11) is 1.69. The van der Waals surface area contributed by atoms with Gasteiger partial charge in [0.1, 0.15) is 5.60 Å². The van der Waals surface area contributed by atoms with Crippen molar-refractivity contribution in [2.75, 3.05) is 13.7 Å². The van der Waals surface area contributed by atoms with Crippen molar-refractivity contribution in [3.05, 3.63) is 11.7 Å². The zero-order valence-corrected chi connectivity index (χ0v) is 12.1. The zero-order chi connectivity index (χ0) is 13.6. The van der Waals surface area contributed by atoms with Gasteiger partial charge in [-0.25, -0.2) is 0 Å². The van der Waals surface area contributed by atoms with Gasteiger partial charge in [-0.05, 0) is 25.3 Å². The molecule has 0 radical (unpaired) electrons. The smallest absolute Gasteiger partial charge is 0.240 e. The average molecular weight is 255 g/mol. The molecule has 0 fully saturated rings. The Morgan fingerprint density at radius 1 is 1.33 bits per heavy atom. The molecule has 0 atom stereocenters. The van der Waals surface area contributed by atoms with Crippen LogP contribution in [0.25, 0.3) is 0 Å². The lowest BCUT2D eigenvalue weighted by Crippen LogP contribution is -2.28. The van der Waals surface area contributed by atoms with E-state index < -0.39 is 5.60 Å². The van der Waals surface area contributed by atoms with E-state index in [1.165, 1.54) is 0 Å². The summed E-state index contributed by atoms with van der Waals surface area (Å²) in [6, 6.07) is 0. The number of nitrogens with zero attached hydrogens (tertiary/aromatic N) is 2. The highest BCUT2D eigenvalue weighted by molar-refractivity contribution is 5.00. The Hall–Kier alpha value is -0.940. The molecule has 0 unspecified atom stereocenters. The molecule has 0 spiro atoms. The largest absolute Gasteiger partial charge is 0.370 e. The van der Waals surface area contributed by atoms with Crippen molar-refractivity contribution < 1.29 is 9.26 Å². The Balaban J connectivity index is 2.67. The molecular formula is C13H25N3O2. The molecule has 0 bridgehead atoms. The summed E-state index contributed by atoms with van der Waals surface area (Å²) < 4.78 is 10.8. The van der Waals surface area contributed by atoms with Gasteiger partial charge < -0.3 is 14.6 Å². The van der Waals surface area contributed by atoms with Crippen LogP contribution in [0.4, 0.5) is 0 Å². The molecule has 0 saturated heterocycles. The van der Waals surface area contributed by atoms with Gasteiger partial charge in [-0.2, -0.15) is 4.98 Å². The summed E-state index contributed by atoms with van der Waals surface area (Å²) in [4.78, 5) is 4.43. The SMILES string of the molecule is CCC(CC)(OC)c1noc(CNCC(C)C)n1. The molecule has 1 heterocycles. The van der Waals surface area contributed by atoms with Gasteiger partial charge in [-0.3, -0.25) is 0 Å². The van der Waals surface area contributed by atoms with Crippen molar-refractivity contribution in [1.82, 2.24) is 15.5 Å². The van der Waals surface area contributed by atoms with Crippen LogP contribution in [0, 0.1) is 5.92 Å². The lowest BCUT2D eigenvalue weighted by atomic mass is 9.96. The molecule has 1 aromatic heterocycles. The van der Waals surface area contributed by atoms with Crippen LogP contribution in [0.1, 0.15) is 52.3 Å². The summed E-state index contributed by atoms with van der Waals surface area (Å²) >= 11 is 0. The molecule has 1 N–H and O–H groups in total. The van der Waals surface area contributed by atoms with Crippen molar-refractivity contribution >= 4 is 0 Å². The molecule has 0 aliphatic rings. The predicted molar refractivity (Wildman–Crippen MR) is 70.1 cm³/mol. The van der Waals surface area contributed by atoms with E-state index in [2.05, 4.69) is 43.2 Å². The highest BCUT2D eigenvalue weighted by Gasteiger charge is 2.33. The van der Waals surface area contributed by atoms with Crippen LogP contribution in [0.3, 0.4) is 0 Å². The van der Waals surface area contributed by atoms with Crippen LogP contribution in [-0.4, -0.2) is 23.8 Å². The van der Waals surface area contributed by atoms with Crippen LogP contribution in [0.5, 0.6) is 0 Å². The molecule has 0 aliphatic heterocycles. The first kappa shape index (κ1) is 15.1. The van der Waals surface area contributed by atoms with E-state index in [4.69, 9.17) is 9.26 Å². The zero-order valence-electron chi connectivity index (χ0n) is 12.1. The molecular weight excluding hydrogens is 230 g/mol. The first-order chi connectivity index (χ1) is 8.57. The standard InChI is InChI=1S/C13H25N3O2/c1-6-13(7-2,17-5)12-15-11(18-16-12)9-14-8-10(3)4/h10,14H,6-9H2,1-5H3. The topological polar surface area (TPSA) is 60.2 Å². The van der Waals surface area contributed by atoms with Crippen molar-refractivity contribution in [3.8, 4) is 0 Å². The molecule has 5 nitrogen and oxygen atoms in total. The highest BCUT2D eigenvalue weighted by atomic mass is 16.5. The summed E-state index contributed by atoms with van der Waals surface area (Å²) in [5.74, 6) is 1.88. The number of hydrogen-bond donors (Lipinski definition) is 1. The summed E-state index contributed by atoms with van der Waals surface area (Å²) in [6.07, 6.45) is 1.66. The number of hydrogen-bond acceptors (Lipinski definition) is 5. The molecule has 18 heavy (non-hydrogen) atoms. The van der Waals surface area contributed by atoms with Gasteiger partial charge in [-0.1, -0.05) is 32.9 Å². The first-order valence-corrected chi connectivity index (χ1v) is 6.66. The van der Waals surface area contributed by atoms with Crippen LogP contribution >= 0.6 is 0 Å².